The number of carboxylic acids is 1. The monoisotopic (exact) mass is 404 g/mol. The van der Waals surface area contributed by atoms with Crippen molar-refractivity contribution in [3.05, 3.63) is 69.8 Å². The van der Waals surface area contributed by atoms with Gasteiger partial charge in [0.2, 0.25) is 0 Å². The lowest BCUT2D eigenvalue weighted by molar-refractivity contribution is 0.0697. The van der Waals surface area contributed by atoms with Crippen molar-refractivity contribution in [3.8, 4) is 0 Å². The van der Waals surface area contributed by atoms with E-state index in [2.05, 4.69) is 45.1 Å². The molecule has 2 nitrogen and oxygen atoms in total. The van der Waals surface area contributed by atoms with E-state index in [1.54, 1.807) is 17.7 Å². The third-order valence-electron chi connectivity index (χ3n) is 6.50. The fourth-order valence-corrected chi connectivity index (χ4v) is 4.60. The molecule has 0 fully saturated rings. The van der Waals surface area contributed by atoms with E-state index in [9.17, 15) is 4.79 Å². The van der Waals surface area contributed by atoms with Crippen molar-refractivity contribution in [1.82, 2.24) is 0 Å². The van der Waals surface area contributed by atoms with E-state index in [1.165, 1.54) is 68.1 Å². The first-order valence-electron chi connectivity index (χ1n) is 11.6. The Kier molecular flexibility index (Phi) is 7.53. The van der Waals surface area contributed by atoms with Gasteiger partial charge in [-0.05, 0) is 77.5 Å². The second-order valence-corrected chi connectivity index (χ2v) is 9.37. The zero-order chi connectivity index (χ0) is 21.6. The van der Waals surface area contributed by atoms with Crippen molar-refractivity contribution >= 4 is 18.1 Å². The number of unbranched alkanes of at least 4 members (excludes halogenated alkanes) is 3. The van der Waals surface area contributed by atoms with E-state index in [0.29, 0.717) is 5.56 Å². The van der Waals surface area contributed by atoms with Crippen LogP contribution in [0.2, 0.25) is 0 Å². The molecule has 1 N–H and O–H groups in total. The molecule has 0 aromatic heterocycles. The van der Waals surface area contributed by atoms with Crippen LogP contribution in [0.15, 0.2) is 36.4 Å². The minimum Gasteiger partial charge on any atom is -0.478 e. The summed E-state index contributed by atoms with van der Waals surface area (Å²) in [6.07, 6.45) is 15.6. The van der Waals surface area contributed by atoms with E-state index >= 15 is 0 Å². The lowest BCUT2D eigenvalue weighted by Gasteiger charge is -2.27. The Morgan fingerprint density at radius 3 is 2.50 bits per heavy atom. The molecule has 3 rings (SSSR count). The number of hydrogen-bond donors (Lipinski definition) is 1. The summed E-state index contributed by atoms with van der Waals surface area (Å²) in [7, 11) is 0. The molecule has 30 heavy (non-hydrogen) atoms. The van der Waals surface area contributed by atoms with E-state index in [0.717, 1.165) is 12.0 Å². The van der Waals surface area contributed by atoms with E-state index in [4.69, 9.17) is 5.11 Å². The third kappa shape index (κ3) is 5.62. The number of hydrogen-bond acceptors (Lipinski definition) is 1. The Morgan fingerprint density at radius 1 is 1.03 bits per heavy atom. The fraction of sp³-hybridized carbons (Fsp3) is 0.464. The van der Waals surface area contributed by atoms with Crippen molar-refractivity contribution in [1.29, 1.82) is 0 Å². The Morgan fingerprint density at radius 2 is 1.80 bits per heavy atom. The molecular formula is C28H36O2. The number of carboxylic acid groups (broad SMARTS) is 1. The Hall–Kier alpha value is -2.35. The predicted molar refractivity (Wildman–Crippen MR) is 127 cm³/mol. The molecule has 1 aliphatic rings. The summed E-state index contributed by atoms with van der Waals surface area (Å²) in [5.74, 6) is -0.881. The Balaban J connectivity index is 1.92. The maximum atomic E-state index is 11.1. The highest BCUT2D eigenvalue weighted by Gasteiger charge is 2.26. The summed E-state index contributed by atoms with van der Waals surface area (Å²) in [6.45, 7) is 7.06. The van der Waals surface area contributed by atoms with E-state index in [-0.39, 0.29) is 5.41 Å². The molecule has 0 saturated carbocycles. The Labute approximate surface area is 182 Å². The quantitative estimate of drug-likeness (QED) is 0.278. The summed E-state index contributed by atoms with van der Waals surface area (Å²) < 4.78 is 0. The topological polar surface area (TPSA) is 37.3 Å². The van der Waals surface area contributed by atoms with Crippen LogP contribution in [0.5, 0.6) is 0 Å². The van der Waals surface area contributed by atoms with Gasteiger partial charge in [-0.25, -0.2) is 4.79 Å². The fourth-order valence-electron chi connectivity index (χ4n) is 4.60. The maximum absolute atomic E-state index is 11.1. The van der Waals surface area contributed by atoms with Crippen LogP contribution in [-0.2, 0) is 18.3 Å². The van der Waals surface area contributed by atoms with Crippen LogP contribution < -0.4 is 0 Å². The van der Waals surface area contributed by atoms with Gasteiger partial charge in [0.15, 0.2) is 0 Å². The second-order valence-electron chi connectivity index (χ2n) is 9.37. The number of aromatic carboxylic acids is 1. The smallest absolute Gasteiger partial charge is 0.335 e. The summed E-state index contributed by atoms with van der Waals surface area (Å²) in [5, 5.41) is 9.10. The molecule has 2 heteroatoms. The van der Waals surface area contributed by atoms with Crippen molar-refractivity contribution < 1.29 is 9.90 Å². The van der Waals surface area contributed by atoms with Crippen molar-refractivity contribution in [2.75, 3.05) is 0 Å². The largest absolute Gasteiger partial charge is 0.478 e. The molecule has 0 heterocycles. The number of carbonyl (C=O) groups is 1. The van der Waals surface area contributed by atoms with Gasteiger partial charge in [-0.1, -0.05) is 82.9 Å². The molecule has 2 aromatic rings. The van der Waals surface area contributed by atoms with Gasteiger partial charge in [-0.2, -0.15) is 0 Å². The van der Waals surface area contributed by atoms with Crippen molar-refractivity contribution in [3.63, 3.8) is 0 Å². The van der Waals surface area contributed by atoms with Gasteiger partial charge in [-0.3, -0.25) is 0 Å². The van der Waals surface area contributed by atoms with Crippen LogP contribution in [0.1, 0.15) is 104 Å². The van der Waals surface area contributed by atoms with Gasteiger partial charge in [0.05, 0.1) is 5.56 Å². The zero-order valence-corrected chi connectivity index (χ0v) is 18.8. The van der Waals surface area contributed by atoms with Gasteiger partial charge in [0.1, 0.15) is 0 Å². The summed E-state index contributed by atoms with van der Waals surface area (Å²) in [6, 6.07) is 12.0. The lowest BCUT2D eigenvalue weighted by Crippen LogP contribution is -2.18. The van der Waals surface area contributed by atoms with E-state index < -0.39 is 5.97 Å². The second kappa shape index (κ2) is 10.1. The van der Waals surface area contributed by atoms with Crippen LogP contribution in [0, 0.1) is 0 Å². The van der Waals surface area contributed by atoms with Gasteiger partial charge >= 0.3 is 5.97 Å². The van der Waals surface area contributed by atoms with Crippen LogP contribution >= 0.6 is 0 Å². The average Bonchev–Trinajstić information content (AvgIpc) is 2.87. The number of fused-ring (bicyclic) bond motifs is 1. The summed E-state index contributed by atoms with van der Waals surface area (Å²) in [4.78, 5) is 11.1. The number of benzene rings is 2. The molecule has 0 atom stereocenters. The molecule has 160 valence electrons. The highest BCUT2D eigenvalue weighted by Crippen LogP contribution is 2.37. The molecule has 1 aliphatic carbocycles. The van der Waals surface area contributed by atoms with Crippen LogP contribution in [0.25, 0.3) is 12.2 Å². The first kappa shape index (κ1) is 22.3. The molecule has 2 aromatic carbocycles. The minimum absolute atomic E-state index is 0.249. The predicted octanol–water partition coefficient (Wildman–Crippen LogP) is 7.68. The molecule has 0 radical (unpaired) electrons. The minimum atomic E-state index is -0.881. The van der Waals surface area contributed by atoms with Gasteiger partial charge in [0.25, 0.3) is 0 Å². The number of aryl methyl sites for hydroxylation is 2. The van der Waals surface area contributed by atoms with Crippen LogP contribution in [0.3, 0.4) is 0 Å². The van der Waals surface area contributed by atoms with Gasteiger partial charge in [-0.15, -0.1) is 0 Å². The summed E-state index contributed by atoms with van der Waals surface area (Å²) >= 11 is 0. The molecule has 0 aliphatic heterocycles. The molecule has 0 amide bonds. The molecule has 0 saturated heterocycles. The average molecular weight is 405 g/mol. The van der Waals surface area contributed by atoms with E-state index in [1.807, 2.05) is 12.1 Å². The highest BCUT2D eigenvalue weighted by atomic mass is 16.4. The molecule has 0 unspecified atom stereocenters. The Bertz CT molecular complexity index is 888. The van der Waals surface area contributed by atoms with Gasteiger partial charge in [0, 0.05) is 0 Å². The van der Waals surface area contributed by atoms with Gasteiger partial charge < -0.3 is 5.11 Å². The van der Waals surface area contributed by atoms with Crippen molar-refractivity contribution in [2.24, 2.45) is 0 Å². The SMILES string of the molecule is CCCCCCc1cc2c(cc1C=Cc1ccc(C(=O)O)cc1)CCCCC2(C)C. The summed E-state index contributed by atoms with van der Waals surface area (Å²) in [5.41, 5.74) is 7.45. The first-order chi connectivity index (χ1) is 14.4. The highest BCUT2D eigenvalue weighted by molar-refractivity contribution is 5.88. The van der Waals surface area contributed by atoms with Crippen LogP contribution in [0.4, 0.5) is 0 Å². The molecular weight excluding hydrogens is 368 g/mol. The number of rotatable bonds is 8. The third-order valence-corrected chi connectivity index (χ3v) is 6.50. The first-order valence-corrected chi connectivity index (χ1v) is 11.6. The lowest BCUT2D eigenvalue weighted by atomic mass is 9.78. The van der Waals surface area contributed by atoms with Crippen molar-refractivity contribution in [2.45, 2.75) is 84.0 Å². The molecule has 0 bridgehead atoms. The van der Waals surface area contributed by atoms with Crippen LogP contribution in [-0.4, -0.2) is 11.1 Å². The normalized spacial score (nSPS) is 15.7. The zero-order valence-electron chi connectivity index (χ0n) is 18.8. The standard InChI is InChI=1S/C28H36O2/c1-4-5-6-7-10-23-20-26-25(11-8-9-18-28(26,2)3)19-24(23)17-14-21-12-15-22(16-13-21)27(29)30/h12-17,19-20H,4-11,18H2,1-3H3,(H,29,30). The maximum Gasteiger partial charge on any atom is 0.335 e. The molecule has 0 spiro atoms.